The van der Waals surface area contributed by atoms with Crippen LogP contribution in [0.1, 0.15) is 24.0 Å². The molecule has 7 nitrogen and oxygen atoms in total. The minimum Gasteiger partial charge on any atom is -0.497 e. The van der Waals surface area contributed by atoms with E-state index in [1.54, 1.807) is 19.4 Å². The van der Waals surface area contributed by atoms with Gasteiger partial charge in [-0.25, -0.2) is 4.68 Å². The van der Waals surface area contributed by atoms with Gasteiger partial charge in [0.15, 0.2) is 0 Å². The van der Waals surface area contributed by atoms with Crippen molar-refractivity contribution in [1.82, 2.24) is 15.1 Å². The Balaban J connectivity index is 1.28. The second kappa shape index (κ2) is 10.1. The van der Waals surface area contributed by atoms with E-state index >= 15 is 0 Å². The molecule has 1 aliphatic rings. The highest BCUT2D eigenvalue weighted by molar-refractivity contribution is 5.79. The molecule has 2 aromatic carbocycles. The minimum absolute atomic E-state index is 0.0177. The standard InChI is InChI=1S/C25H28N4O3/c1-32-23-9-7-19(8-10-23)16-26-25(31)21-11-13-28(14-12-21)22-15-24(30)29(27-17-22)18-20-5-3-2-4-6-20/h2-10,15,17,21H,11-14,16,18H2,1H3,(H,26,31). The first-order valence-electron chi connectivity index (χ1n) is 10.9. The third-order valence-corrected chi connectivity index (χ3v) is 5.89. The third-order valence-electron chi connectivity index (χ3n) is 5.89. The number of benzene rings is 2. The molecular formula is C25H28N4O3. The van der Waals surface area contributed by atoms with E-state index < -0.39 is 0 Å². The molecule has 4 rings (SSSR count). The van der Waals surface area contributed by atoms with Crippen LogP contribution in [0.2, 0.25) is 0 Å². The van der Waals surface area contributed by atoms with E-state index in [-0.39, 0.29) is 17.4 Å². The van der Waals surface area contributed by atoms with Crippen LogP contribution in [-0.4, -0.2) is 35.9 Å². The molecule has 0 saturated carbocycles. The molecule has 0 unspecified atom stereocenters. The normalized spacial score (nSPS) is 14.2. The summed E-state index contributed by atoms with van der Waals surface area (Å²) in [5, 5.41) is 7.39. The maximum atomic E-state index is 12.6. The Labute approximate surface area is 187 Å². The summed E-state index contributed by atoms with van der Waals surface area (Å²) < 4.78 is 6.63. The molecule has 0 bridgehead atoms. The lowest BCUT2D eigenvalue weighted by molar-refractivity contribution is -0.125. The number of carbonyl (C=O) groups is 1. The summed E-state index contributed by atoms with van der Waals surface area (Å²) in [4.78, 5) is 27.2. The van der Waals surface area contributed by atoms with Crippen molar-refractivity contribution in [3.63, 3.8) is 0 Å². The van der Waals surface area contributed by atoms with Crippen molar-refractivity contribution in [2.45, 2.75) is 25.9 Å². The number of aromatic nitrogens is 2. The van der Waals surface area contributed by atoms with E-state index in [1.807, 2.05) is 54.6 Å². The average molecular weight is 433 g/mol. The smallest absolute Gasteiger partial charge is 0.269 e. The Morgan fingerprint density at radius 3 is 2.44 bits per heavy atom. The molecule has 0 radical (unpaired) electrons. The van der Waals surface area contributed by atoms with E-state index in [1.165, 1.54) is 4.68 Å². The quantitative estimate of drug-likeness (QED) is 0.621. The first-order valence-corrected chi connectivity index (χ1v) is 10.9. The van der Waals surface area contributed by atoms with Crippen LogP contribution in [0, 0.1) is 5.92 Å². The van der Waals surface area contributed by atoms with Gasteiger partial charge in [-0.15, -0.1) is 0 Å². The zero-order chi connectivity index (χ0) is 22.3. The number of amides is 1. The average Bonchev–Trinajstić information content (AvgIpc) is 2.85. The largest absolute Gasteiger partial charge is 0.497 e. The van der Waals surface area contributed by atoms with Gasteiger partial charge in [0.05, 0.1) is 25.5 Å². The van der Waals surface area contributed by atoms with Crippen molar-refractivity contribution in [2.75, 3.05) is 25.1 Å². The summed E-state index contributed by atoms with van der Waals surface area (Å²) in [6, 6.07) is 19.1. The number of anilines is 1. The van der Waals surface area contributed by atoms with Crippen LogP contribution in [0.5, 0.6) is 5.75 Å². The van der Waals surface area contributed by atoms with Gasteiger partial charge in [0.25, 0.3) is 5.56 Å². The Kier molecular flexibility index (Phi) is 6.84. The summed E-state index contributed by atoms with van der Waals surface area (Å²) in [6.07, 6.45) is 3.25. The molecule has 7 heteroatoms. The van der Waals surface area contributed by atoms with Gasteiger partial charge in [-0.1, -0.05) is 42.5 Å². The molecule has 0 aliphatic carbocycles. The van der Waals surface area contributed by atoms with Crippen LogP contribution in [0.25, 0.3) is 0 Å². The maximum absolute atomic E-state index is 12.6. The summed E-state index contributed by atoms with van der Waals surface area (Å²) in [5.74, 6) is 0.863. The molecule has 1 amide bonds. The van der Waals surface area contributed by atoms with Crippen LogP contribution in [0.3, 0.4) is 0 Å². The van der Waals surface area contributed by atoms with E-state index in [4.69, 9.17) is 4.74 Å². The number of piperidine rings is 1. The fraction of sp³-hybridized carbons (Fsp3) is 0.320. The molecule has 0 atom stereocenters. The van der Waals surface area contributed by atoms with Crippen LogP contribution in [-0.2, 0) is 17.9 Å². The lowest BCUT2D eigenvalue weighted by Gasteiger charge is -2.32. The van der Waals surface area contributed by atoms with E-state index in [9.17, 15) is 9.59 Å². The first kappa shape index (κ1) is 21.6. The SMILES string of the molecule is COc1ccc(CNC(=O)C2CCN(c3cnn(Cc4ccccc4)c(=O)c3)CC2)cc1. The van der Waals surface area contributed by atoms with Gasteiger partial charge in [0, 0.05) is 31.6 Å². The van der Waals surface area contributed by atoms with Crippen LogP contribution < -0.4 is 20.5 Å². The number of methoxy groups -OCH3 is 1. The Bertz CT molecular complexity index is 1090. The van der Waals surface area contributed by atoms with Gasteiger partial charge in [0.1, 0.15) is 5.75 Å². The van der Waals surface area contributed by atoms with Crippen molar-refractivity contribution in [2.24, 2.45) is 5.92 Å². The van der Waals surface area contributed by atoms with Gasteiger partial charge in [-0.05, 0) is 36.1 Å². The van der Waals surface area contributed by atoms with E-state index in [0.717, 1.165) is 48.5 Å². The van der Waals surface area contributed by atoms with Crippen molar-refractivity contribution in [3.05, 3.63) is 88.3 Å². The number of ether oxygens (including phenoxy) is 1. The number of carbonyl (C=O) groups excluding carboxylic acids is 1. The second-order valence-electron chi connectivity index (χ2n) is 8.02. The zero-order valence-corrected chi connectivity index (χ0v) is 18.2. The highest BCUT2D eigenvalue weighted by Gasteiger charge is 2.25. The molecule has 1 fully saturated rings. The van der Waals surface area contributed by atoms with Gasteiger partial charge in [-0.3, -0.25) is 9.59 Å². The molecule has 3 aromatic rings. The van der Waals surface area contributed by atoms with Crippen molar-refractivity contribution in [1.29, 1.82) is 0 Å². The minimum atomic E-state index is -0.120. The maximum Gasteiger partial charge on any atom is 0.269 e. The van der Waals surface area contributed by atoms with Crippen LogP contribution >= 0.6 is 0 Å². The fourth-order valence-corrected chi connectivity index (χ4v) is 3.95. The Morgan fingerprint density at radius 1 is 1.06 bits per heavy atom. The summed E-state index contributed by atoms with van der Waals surface area (Å²) >= 11 is 0. The lowest BCUT2D eigenvalue weighted by Crippen LogP contribution is -2.41. The molecule has 1 saturated heterocycles. The summed E-state index contributed by atoms with van der Waals surface area (Å²) in [6.45, 7) is 2.41. The molecule has 1 aromatic heterocycles. The fourth-order valence-electron chi connectivity index (χ4n) is 3.95. The van der Waals surface area contributed by atoms with Gasteiger partial charge in [0.2, 0.25) is 5.91 Å². The Hall–Kier alpha value is -3.61. The predicted octanol–water partition coefficient (Wildman–Crippen LogP) is 2.83. The van der Waals surface area contributed by atoms with Crippen molar-refractivity contribution < 1.29 is 9.53 Å². The topological polar surface area (TPSA) is 76.5 Å². The summed E-state index contributed by atoms with van der Waals surface area (Å²) in [5.41, 5.74) is 2.78. The third kappa shape index (κ3) is 5.35. The number of nitrogens with zero attached hydrogens (tertiary/aromatic N) is 3. The van der Waals surface area contributed by atoms with Gasteiger partial charge < -0.3 is 15.0 Å². The number of rotatable bonds is 7. The summed E-state index contributed by atoms with van der Waals surface area (Å²) in [7, 11) is 1.63. The molecular weight excluding hydrogens is 404 g/mol. The molecule has 1 N–H and O–H groups in total. The monoisotopic (exact) mass is 432 g/mol. The second-order valence-corrected chi connectivity index (χ2v) is 8.02. The Morgan fingerprint density at radius 2 is 1.78 bits per heavy atom. The molecule has 166 valence electrons. The molecule has 0 spiro atoms. The van der Waals surface area contributed by atoms with Gasteiger partial charge >= 0.3 is 0 Å². The van der Waals surface area contributed by atoms with Crippen LogP contribution in [0.4, 0.5) is 5.69 Å². The number of nitrogens with one attached hydrogen (secondary N) is 1. The van der Waals surface area contributed by atoms with Crippen molar-refractivity contribution in [3.8, 4) is 5.75 Å². The highest BCUT2D eigenvalue weighted by Crippen LogP contribution is 2.22. The zero-order valence-electron chi connectivity index (χ0n) is 18.2. The molecule has 1 aliphatic heterocycles. The molecule has 2 heterocycles. The van der Waals surface area contributed by atoms with Gasteiger partial charge in [-0.2, -0.15) is 5.10 Å². The highest BCUT2D eigenvalue weighted by atomic mass is 16.5. The van der Waals surface area contributed by atoms with E-state index in [2.05, 4.69) is 15.3 Å². The predicted molar refractivity (Wildman–Crippen MR) is 124 cm³/mol. The van der Waals surface area contributed by atoms with E-state index in [0.29, 0.717) is 13.1 Å². The first-order chi connectivity index (χ1) is 15.6. The molecule has 32 heavy (non-hydrogen) atoms. The lowest BCUT2D eigenvalue weighted by atomic mass is 9.95. The van der Waals surface area contributed by atoms with Crippen molar-refractivity contribution >= 4 is 11.6 Å². The number of hydrogen-bond acceptors (Lipinski definition) is 5. The number of hydrogen-bond donors (Lipinski definition) is 1. The van der Waals surface area contributed by atoms with Crippen LogP contribution in [0.15, 0.2) is 71.7 Å².